The van der Waals surface area contributed by atoms with Gasteiger partial charge in [-0.15, -0.1) is 0 Å². The fraction of sp³-hybridized carbons (Fsp3) is 0.591. The van der Waals surface area contributed by atoms with E-state index in [1.54, 1.807) is 28.0 Å². The zero-order chi connectivity index (χ0) is 21.2. The van der Waals surface area contributed by atoms with Crippen LogP contribution >= 0.6 is 0 Å². The Labute approximate surface area is 175 Å². The Balaban J connectivity index is 1.24. The minimum atomic E-state index is -0.746. The molecule has 30 heavy (non-hydrogen) atoms. The first-order chi connectivity index (χ1) is 14.4. The third kappa shape index (κ3) is 2.91. The second-order valence-corrected chi connectivity index (χ2v) is 9.10. The quantitative estimate of drug-likeness (QED) is 0.781. The number of nitriles is 1. The molecule has 2 amide bonds. The van der Waals surface area contributed by atoms with Crippen LogP contribution in [0.2, 0.25) is 0 Å². The van der Waals surface area contributed by atoms with Crippen LogP contribution in [0.3, 0.4) is 0 Å². The molecule has 0 spiro atoms. The summed E-state index contributed by atoms with van der Waals surface area (Å²) in [5, 5.41) is 9.33. The highest BCUT2D eigenvalue weighted by atomic mass is 19.1. The van der Waals surface area contributed by atoms with Gasteiger partial charge in [-0.2, -0.15) is 5.26 Å². The summed E-state index contributed by atoms with van der Waals surface area (Å²) < 4.78 is 14.2. The third-order valence-electron chi connectivity index (χ3n) is 7.34. The van der Waals surface area contributed by atoms with E-state index in [0.717, 1.165) is 12.8 Å². The lowest BCUT2D eigenvalue weighted by Crippen LogP contribution is -2.57. The van der Waals surface area contributed by atoms with Crippen molar-refractivity contribution in [2.75, 3.05) is 13.1 Å². The number of carbonyl (C=O) groups is 2. The lowest BCUT2D eigenvalue weighted by Gasteiger charge is -2.38. The SMILES string of the molecule is C[C@@H](c1ccccc1F)N1C(=O)C2CC1CN2CC(N)C(=O)N1C(C#N)CC2CC21. The summed E-state index contributed by atoms with van der Waals surface area (Å²) in [6, 6.07) is 7.17. The van der Waals surface area contributed by atoms with Crippen LogP contribution in [0, 0.1) is 23.1 Å². The summed E-state index contributed by atoms with van der Waals surface area (Å²) in [4.78, 5) is 31.4. The molecule has 7 atom stereocenters. The molecule has 1 saturated carbocycles. The predicted octanol–water partition coefficient (Wildman–Crippen LogP) is 1.01. The summed E-state index contributed by atoms with van der Waals surface area (Å²) in [6.45, 7) is 2.79. The van der Waals surface area contributed by atoms with Crippen molar-refractivity contribution >= 4 is 11.8 Å². The molecule has 8 heteroatoms. The van der Waals surface area contributed by atoms with Gasteiger partial charge in [0.15, 0.2) is 0 Å². The third-order valence-corrected chi connectivity index (χ3v) is 7.34. The van der Waals surface area contributed by atoms with Crippen molar-refractivity contribution < 1.29 is 14.0 Å². The Hall–Kier alpha value is -2.50. The number of hydrogen-bond donors (Lipinski definition) is 1. The predicted molar refractivity (Wildman–Crippen MR) is 106 cm³/mol. The van der Waals surface area contributed by atoms with Gasteiger partial charge in [-0.25, -0.2) is 4.39 Å². The Morgan fingerprint density at radius 3 is 2.80 bits per heavy atom. The summed E-state index contributed by atoms with van der Waals surface area (Å²) in [5.41, 5.74) is 6.76. The van der Waals surface area contributed by atoms with Crippen LogP contribution in [0.4, 0.5) is 4.39 Å². The first-order valence-electron chi connectivity index (χ1n) is 10.7. The standard InChI is InChI=1S/C22H26FN5O2/c1-12(16-4-2-3-5-17(16)23)27-15-8-20(22(27)30)26(10-15)11-18(25)21(29)28-14(9-24)6-13-7-19(13)28/h2-5,12-15,18-20H,6-8,10-11,25H2,1H3/t12-,13?,14?,15?,18?,19?,20?/m0/s1. The molecule has 0 aromatic heterocycles. The van der Waals surface area contributed by atoms with Gasteiger partial charge in [0.2, 0.25) is 11.8 Å². The maximum absolute atomic E-state index is 14.2. The molecular formula is C22H26FN5O2. The van der Waals surface area contributed by atoms with Crippen LogP contribution in [-0.4, -0.2) is 69.8 Å². The number of piperazine rings is 1. The molecule has 5 rings (SSSR count). The number of nitrogens with zero attached hydrogens (tertiary/aromatic N) is 4. The monoisotopic (exact) mass is 411 g/mol. The van der Waals surface area contributed by atoms with Crippen LogP contribution < -0.4 is 5.73 Å². The second-order valence-electron chi connectivity index (χ2n) is 9.10. The van der Waals surface area contributed by atoms with Gasteiger partial charge in [0, 0.05) is 30.7 Å². The highest BCUT2D eigenvalue weighted by Gasteiger charge is 2.56. The Morgan fingerprint density at radius 1 is 1.33 bits per heavy atom. The molecule has 3 aliphatic heterocycles. The van der Waals surface area contributed by atoms with Gasteiger partial charge in [0.25, 0.3) is 0 Å². The van der Waals surface area contributed by atoms with Gasteiger partial charge in [-0.05, 0) is 38.2 Å². The number of benzene rings is 1. The van der Waals surface area contributed by atoms with Crippen molar-refractivity contribution in [3.05, 3.63) is 35.6 Å². The lowest BCUT2D eigenvalue weighted by molar-refractivity contribution is -0.141. The minimum Gasteiger partial charge on any atom is -0.330 e. The molecule has 158 valence electrons. The molecule has 2 bridgehead atoms. The second kappa shape index (κ2) is 7.03. The van der Waals surface area contributed by atoms with Crippen LogP contribution in [0.5, 0.6) is 0 Å². The van der Waals surface area contributed by atoms with Gasteiger partial charge in [-0.3, -0.25) is 14.5 Å². The van der Waals surface area contributed by atoms with Gasteiger partial charge < -0.3 is 15.5 Å². The Morgan fingerprint density at radius 2 is 2.10 bits per heavy atom. The first-order valence-corrected chi connectivity index (χ1v) is 10.7. The topological polar surface area (TPSA) is 93.7 Å². The fourth-order valence-corrected chi connectivity index (χ4v) is 5.77. The van der Waals surface area contributed by atoms with Gasteiger partial charge in [0.05, 0.1) is 24.2 Å². The fourth-order valence-electron chi connectivity index (χ4n) is 5.77. The van der Waals surface area contributed by atoms with E-state index in [1.165, 1.54) is 6.07 Å². The molecule has 3 heterocycles. The maximum atomic E-state index is 14.2. The molecule has 4 fully saturated rings. The summed E-state index contributed by atoms with van der Waals surface area (Å²) in [6.07, 6.45) is 2.38. The zero-order valence-electron chi connectivity index (χ0n) is 16.9. The van der Waals surface area contributed by atoms with E-state index < -0.39 is 6.04 Å². The average Bonchev–Trinajstić information content (AvgIpc) is 3.07. The number of likely N-dealkylation sites (tertiary alicyclic amines) is 3. The van der Waals surface area contributed by atoms with Gasteiger partial charge in [-0.1, -0.05) is 18.2 Å². The smallest absolute Gasteiger partial charge is 0.242 e. The van der Waals surface area contributed by atoms with Crippen molar-refractivity contribution in [3.8, 4) is 6.07 Å². The normalized spacial score (nSPS) is 34.1. The molecule has 4 aliphatic rings. The molecule has 0 radical (unpaired) electrons. The largest absolute Gasteiger partial charge is 0.330 e. The number of fused-ring (bicyclic) bond motifs is 3. The molecule has 2 N–H and O–H groups in total. The first kappa shape index (κ1) is 19.5. The van der Waals surface area contributed by atoms with Crippen LogP contribution in [0.25, 0.3) is 0 Å². The van der Waals surface area contributed by atoms with Crippen LogP contribution in [0.15, 0.2) is 24.3 Å². The number of carbonyl (C=O) groups excluding carboxylic acids is 2. The molecule has 1 aromatic rings. The number of nitrogens with two attached hydrogens (primary N) is 1. The van der Waals surface area contributed by atoms with Crippen molar-refractivity contribution in [2.24, 2.45) is 11.7 Å². The van der Waals surface area contributed by atoms with E-state index in [2.05, 4.69) is 6.07 Å². The lowest BCUT2D eigenvalue weighted by atomic mass is 10.0. The van der Waals surface area contributed by atoms with Crippen LogP contribution in [-0.2, 0) is 9.59 Å². The van der Waals surface area contributed by atoms with E-state index in [0.29, 0.717) is 31.0 Å². The van der Waals surface area contributed by atoms with E-state index in [9.17, 15) is 19.2 Å². The number of rotatable bonds is 5. The molecule has 1 aromatic carbocycles. The van der Waals surface area contributed by atoms with E-state index in [1.807, 2.05) is 11.8 Å². The van der Waals surface area contributed by atoms with E-state index >= 15 is 0 Å². The highest BCUT2D eigenvalue weighted by Crippen LogP contribution is 2.48. The zero-order valence-corrected chi connectivity index (χ0v) is 16.9. The molecule has 6 unspecified atom stereocenters. The Kier molecular flexibility index (Phi) is 4.56. The average molecular weight is 411 g/mol. The van der Waals surface area contributed by atoms with E-state index in [4.69, 9.17) is 5.73 Å². The summed E-state index contributed by atoms with van der Waals surface area (Å²) in [7, 11) is 0. The minimum absolute atomic E-state index is 0.00846. The molecule has 1 aliphatic carbocycles. The highest BCUT2D eigenvalue weighted by molar-refractivity contribution is 5.87. The van der Waals surface area contributed by atoms with Gasteiger partial charge in [0.1, 0.15) is 11.9 Å². The number of hydrogen-bond acceptors (Lipinski definition) is 5. The molecule has 7 nitrogen and oxygen atoms in total. The van der Waals surface area contributed by atoms with Crippen molar-refractivity contribution in [1.82, 2.24) is 14.7 Å². The molecular weight excluding hydrogens is 385 g/mol. The maximum Gasteiger partial charge on any atom is 0.242 e. The summed E-state index contributed by atoms with van der Waals surface area (Å²) in [5.74, 6) is -0.0666. The molecule has 3 saturated heterocycles. The van der Waals surface area contributed by atoms with Gasteiger partial charge >= 0.3 is 0 Å². The Bertz CT molecular complexity index is 932. The van der Waals surface area contributed by atoms with Crippen molar-refractivity contribution in [2.45, 2.75) is 62.4 Å². The van der Waals surface area contributed by atoms with Crippen molar-refractivity contribution in [1.29, 1.82) is 5.26 Å². The van der Waals surface area contributed by atoms with Crippen LogP contribution in [0.1, 0.15) is 37.8 Å². The number of halogens is 1. The van der Waals surface area contributed by atoms with E-state index in [-0.39, 0.29) is 47.8 Å². The summed E-state index contributed by atoms with van der Waals surface area (Å²) >= 11 is 0. The number of amides is 2. The number of piperidine rings is 1. The van der Waals surface area contributed by atoms with Crippen molar-refractivity contribution in [3.63, 3.8) is 0 Å².